The van der Waals surface area contributed by atoms with E-state index in [4.69, 9.17) is 0 Å². The van der Waals surface area contributed by atoms with Crippen LogP contribution in [-0.4, -0.2) is 28.6 Å². The summed E-state index contributed by atoms with van der Waals surface area (Å²) in [7, 11) is 2.02. The lowest BCUT2D eigenvalue weighted by Crippen LogP contribution is -2.27. The Balaban J connectivity index is 2.02. The van der Waals surface area contributed by atoms with Gasteiger partial charge in [-0.25, -0.2) is 0 Å². The van der Waals surface area contributed by atoms with Gasteiger partial charge in [0, 0.05) is 29.5 Å². The van der Waals surface area contributed by atoms with Crippen molar-refractivity contribution in [2.24, 2.45) is 0 Å². The van der Waals surface area contributed by atoms with Crippen molar-refractivity contribution in [1.29, 1.82) is 0 Å². The maximum Gasteiger partial charge on any atom is 0.0917 e. The Morgan fingerprint density at radius 2 is 1.90 bits per heavy atom. The highest BCUT2D eigenvalue weighted by Crippen LogP contribution is 2.23. The molecule has 0 bridgehead atoms. The van der Waals surface area contributed by atoms with Crippen LogP contribution in [0.1, 0.15) is 30.2 Å². The normalized spacial score (nSPS) is 14.2. The van der Waals surface area contributed by atoms with Gasteiger partial charge in [-0.3, -0.25) is 9.88 Å². The van der Waals surface area contributed by atoms with Gasteiger partial charge in [-0.05, 0) is 49.4 Å². The highest BCUT2D eigenvalue weighted by molar-refractivity contribution is 9.10. The molecule has 0 aliphatic rings. The van der Waals surface area contributed by atoms with Gasteiger partial charge in [-0.2, -0.15) is 0 Å². The third-order valence-corrected chi connectivity index (χ3v) is 4.04. The summed E-state index contributed by atoms with van der Waals surface area (Å²) in [5.74, 6) is 0. The van der Waals surface area contributed by atoms with E-state index in [2.05, 4.69) is 32.7 Å². The number of halogens is 1. The molecule has 20 heavy (non-hydrogen) atoms. The fourth-order valence-corrected chi connectivity index (χ4v) is 2.56. The first kappa shape index (κ1) is 15.2. The minimum atomic E-state index is -0.498. The van der Waals surface area contributed by atoms with Crippen molar-refractivity contribution in [3.8, 4) is 0 Å². The van der Waals surface area contributed by atoms with Crippen LogP contribution in [0.25, 0.3) is 0 Å². The maximum atomic E-state index is 10.3. The van der Waals surface area contributed by atoms with Crippen molar-refractivity contribution in [3.05, 3.63) is 64.4 Å². The number of hydrogen-bond donors (Lipinski definition) is 1. The number of aromatic nitrogens is 1. The minimum Gasteiger partial charge on any atom is -0.387 e. The zero-order chi connectivity index (χ0) is 14.5. The monoisotopic (exact) mass is 334 g/mol. The summed E-state index contributed by atoms with van der Waals surface area (Å²) >= 11 is 3.43. The lowest BCUT2D eigenvalue weighted by molar-refractivity contribution is 0.108. The Labute approximate surface area is 128 Å². The zero-order valence-electron chi connectivity index (χ0n) is 11.7. The molecule has 0 radical (unpaired) electrons. The van der Waals surface area contributed by atoms with Crippen LogP contribution in [0.3, 0.4) is 0 Å². The van der Waals surface area contributed by atoms with Crippen LogP contribution in [-0.2, 0) is 0 Å². The fourth-order valence-electron chi connectivity index (χ4n) is 2.15. The molecule has 1 aromatic carbocycles. The first-order chi connectivity index (χ1) is 9.58. The number of aliphatic hydroxyl groups excluding tert-OH is 1. The molecule has 0 aliphatic heterocycles. The van der Waals surface area contributed by atoms with Crippen molar-refractivity contribution in [2.75, 3.05) is 13.6 Å². The van der Waals surface area contributed by atoms with Gasteiger partial charge in [0.05, 0.1) is 6.10 Å². The molecule has 0 fully saturated rings. The third-order valence-electron chi connectivity index (χ3n) is 3.54. The Kier molecular flexibility index (Phi) is 5.29. The number of nitrogens with zero attached hydrogens (tertiary/aromatic N) is 2. The van der Waals surface area contributed by atoms with E-state index in [9.17, 15) is 5.11 Å². The molecule has 0 spiro atoms. The number of aliphatic hydroxyl groups is 1. The highest BCUT2D eigenvalue weighted by Gasteiger charge is 2.16. The quantitative estimate of drug-likeness (QED) is 0.907. The molecule has 1 aromatic heterocycles. The van der Waals surface area contributed by atoms with Gasteiger partial charge >= 0.3 is 0 Å². The Morgan fingerprint density at radius 3 is 2.55 bits per heavy atom. The lowest BCUT2D eigenvalue weighted by Gasteiger charge is -2.27. The van der Waals surface area contributed by atoms with E-state index in [-0.39, 0.29) is 6.04 Å². The second kappa shape index (κ2) is 6.97. The largest absolute Gasteiger partial charge is 0.387 e. The SMILES string of the molecule is CC(c1ccncc1)N(C)CC(O)c1cccc(Br)c1. The molecule has 3 nitrogen and oxygen atoms in total. The minimum absolute atomic E-state index is 0.236. The maximum absolute atomic E-state index is 10.3. The topological polar surface area (TPSA) is 36.4 Å². The Hall–Kier alpha value is -1.23. The van der Waals surface area contributed by atoms with Crippen molar-refractivity contribution >= 4 is 15.9 Å². The van der Waals surface area contributed by atoms with Gasteiger partial charge in [0.15, 0.2) is 0 Å². The second-order valence-electron chi connectivity index (χ2n) is 4.97. The summed E-state index contributed by atoms with van der Waals surface area (Å²) < 4.78 is 0.985. The molecule has 2 atom stereocenters. The molecule has 0 saturated carbocycles. The fraction of sp³-hybridized carbons (Fsp3) is 0.312. The van der Waals surface area contributed by atoms with Gasteiger partial charge in [0.1, 0.15) is 0 Å². The summed E-state index contributed by atoms with van der Waals surface area (Å²) in [4.78, 5) is 6.17. The second-order valence-corrected chi connectivity index (χ2v) is 5.88. The predicted molar refractivity (Wildman–Crippen MR) is 84.4 cm³/mol. The molecule has 0 aliphatic carbocycles. The first-order valence-corrected chi connectivity index (χ1v) is 7.41. The molecular weight excluding hydrogens is 316 g/mol. The van der Waals surface area contributed by atoms with Crippen LogP contribution < -0.4 is 0 Å². The summed E-state index contributed by atoms with van der Waals surface area (Å²) in [5, 5.41) is 10.3. The van der Waals surface area contributed by atoms with Gasteiger partial charge in [0.2, 0.25) is 0 Å². The molecule has 2 rings (SSSR count). The van der Waals surface area contributed by atoms with E-state index in [1.165, 1.54) is 5.56 Å². The van der Waals surface area contributed by atoms with Gasteiger partial charge in [0.25, 0.3) is 0 Å². The van der Waals surface area contributed by atoms with Gasteiger partial charge in [-0.1, -0.05) is 28.1 Å². The smallest absolute Gasteiger partial charge is 0.0917 e. The number of likely N-dealkylation sites (N-methyl/N-ethyl adjacent to an activating group) is 1. The van der Waals surface area contributed by atoms with E-state index in [0.717, 1.165) is 10.0 Å². The van der Waals surface area contributed by atoms with E-state index in [1.54, 1.807) is 12.4 Å². The van der Waals surface area contributed by atoms with Crippen molar-refractivity contribution in [2.45, 2.75) is 19.1 Å². The molecule has 0 saturated heterocycles. The number of benzene rings is 1. The average molecular weight is 335 g/mol. The van der Waals surface area contributed by atoms with Crippen LogP contribution in [0.5, 0.6) is 0 Å². The standard InChI is InChI=1S/C16H19BrN2O/c1-12(13-6-8-18-9-7-13)19(2)11-16(20)14-4-3-5-15(17)10-14/h3-10,12,16,20H,11H2,1-2H3. The summed E-state index contributed by atoms with van der Waals surface area (Å²) in [6.07, 6.45) is 3.09. The van der Waals surface area contributed by atoms with Crippen LogP contribution in [0.2, 0.25) is 0 Å². The first-order valence-electron chi connectivity index (χ1n) is 6.61. The summed E-state index contributed by atoms with van der Waals surface area (Å²) in [6.45, 7) is 2.71. The highest BCUT2D eigenvalue weighted by atomic mass is 79.9. The van der Waals surface area contributed by atoms with Crippen molar-refractivity contribution < 1.29 is 5.11 Å². The number of rotatable bonds is 5. The zero-order valence-corrected chi connectivity index (χ0v) is 13.3. The van der Waals surface area contributed by atoms with Crippen LogP contribution in [0.15, 0.2) is 53.3 Å². The number of pyridine rings is 1. The van der Waals surface area contributed by atoms with Crippen molar-refractivity contribution in [3.63, 3.8) is 0 Å². The number of hydrogen-bond acceptors (Lipinski definition) is 3. The van der Waals surface area contributed by atoms with E-state index in [0.29, 0.717) is 6.54 Å². The molecular formula is C16H19BrN2O. The predicted octanol–water partition coefficient (Wildman–Crippen LogP) is 3.57. The van der Waals surface area contributed by atoms with Crippen LogP contribution >= 0.6 is 15.9 Å². The lowest BCUT2D eigenvalue weighted by atomic mass is 10.1. The van der Waals surface area contributed by atoms with E-state index in [1.807, 2.05) is 43.4 Å². The van der Waals surface area contributed by atoms with Gasteiger partial charge < -0.3 is 5.11 Å². The molecule has 1 heterocycles. The van der Waals surface area contributed by atoms with Crippen LogP contribution in [0.4, 0.5) is 0 Å². The third kappa shape index (κ3) is 3.88. The Morgan fingerprint density at radius 1 is 1.20 bits per heavy atom. The molecule has 2 unspecified atom stereocenters. The van der Waals surface area contributed by atoms with Gasteiger partial charge in [-0.15, -0.1) is 0 Å². The van der Waals surface area contributed by atoms with Crippen LogP contribution in [0, 0.1) is 0 Å². The molecule has 1 N–H and O–H groups in total. The van der Waals surface area contributed by atoms with E-state index < -0.39 is 6.10 Å². The van der Waals surface area contributed by atoms with Crippen molar-refractivity contribution in [1.82, 2.24) is 9.88 Å². The molecule has 4 heteroatoms. The summed E-state index contributed by atoms with van der Waals surface area (Å²) in [5.41, 5.74) is 2.12. The summed E-state index contributed by atoms with van der Waals surface area (Å²) in [6, 6.07) is 12.0. The molecule has 2 aromatic rings. The average Bonchev–Trinajstić information content (AvgIpc) is 2.47. The molecule has 106 valence electrons. The molecule has 0 amide bonds. The Bertz CT molecular complexity index is 547. The van der Waals surface area contributed by atoms with E-state index >= 15 is 0 Å².